The fourth-order valence-electron chi connectivity index (χ4n) is 5.80. The number of nitrogen functional groups attached to an aromatic ring is 6. The van der Waals surface area contributed by atoms with Gasteiger partial charge in [-0.15, -0.1) is 0 Å². The molecule has 0 spiro atoms. The second-order valence-electron chi connectivity index (χ2n) is 9.47. The van der Waals surface area contributed by atoms with Crippen LogP contribution in [0.5, 0.6) is 0 Å². The first-order chi connectivity index (χ1) is 17.4. The molecule has 0 aromatic heterocycles. The van der Waals surface area contributed by atoms with Gasteiger partial charge in [0.05, 0.1) is 28.4 Å². The highest BCUT2D eigenvalue weighted by Gasteiger charge is 2.21. The minimum atomic E-state index is 0.237. The van der Waals surface area contributed by atoms with E-state index < -0.39 is 0 Å². The number of fused-ring (bicyclic) bond motifs is 9. The van der Waals surface area contributed by atoms with Crippen molar-refractivity contribution in [2.24, 2.45) is 0 Å². The molecule has 0 aliphatic carbocycles. The number of benzene rings is 7. The van der Waals surface area contributed by atoms with Crippen molar-refractivity contribution in [3.05, 3.63) is 72.8 Å². The molecule has 0 saturated carbocycles. The van der Waals surface area contributed by atoms with Crippen molar-refractivity contribution < 1.29 is 0 Å². The zero-order valence-electron chi connectivity index (χ0n) is 19.4. The predicted octanol–water partition coefficient (Wildman–Crippen LogP) is 6.10. The van der Waals surface area contributed by atoms with Crippen molar-refractivity contribution in [3.8, 4) is 0 Å². The Balaban J connectivity index is 1.88. The molecular formula is C30H24N6. The van der Waals surface area contributed by atoms with Gasteiger partial charge in [-0.1, -0.05) is 48.5 Å². The molecule has 0 aliphatic heterocycles. The third-order valence-electron chi connectivity index (χ3n) is 7.60. The van der Waals surface area contributed by atoms with Crippen molar-refractivity contribution in [2.45, 2.75) is 0 Å². The molecule has 0 fully saturated rings. The van der Waals surface area contributed by atoms with Crippen LogP contribution in [0.3, 0.4) is 0 Å². The number of hydrogen-bond donors (Lipinski definition) is 6. The van der Waals surface area contributed by atoms with E-state index in [1.54, 1.807) is 0 Å². The van der Waals surface area contributed by atoms with Crippen LogP contribution in [0.4, 0.5) is 34.1 Å². The van der Waals surface area contributed by atoms with Gasteiger partial charge >= 0.3 is 0 Å². The molecule has 0 radical (unpaired) electrons. The zero-order chi connectivity index (χ0) is 24.9. The quantitative estimate of drug-likeness (QED) is 0.0897. The van der Waals surface area contributed by atoms with Crippen LogP contribution in [0.2, 0.25) is 0 Å². The Bertz CT molecular complexity index is 2110. The van der Waals surface area contributed by atoms with Gasteiger partial charge in [0, 0.05) is 32.6 Å². The molecule has 0 unspecified atom stereocenters. The van der Waals surface area contributed by atoms with Crippen LogP contribution < -0.4 is 34.4 Å². The second-order valence-corrected chi connectivity index (χ2v) is 9.47. The number of rotatable bonds is 0. The highest BCUT2D eigenvalue weighted by molar-refractivity contribution is 6.38. The summed E-state index contributed by atoms with van der Waals surface area (Å²) in [6, 6.07) is 25.0. The lowest BCUT2D eigenvalue weighted by molar-refractivity contribution is 1.69. The van der Waals surface area contributed by atoms with E-state index in [-0.39, 0.29) is 11.4 Å². The maximum absolute atomic E-state index is 6.94. The number of anilines is 6. The Morgan fingerprint density at radius 1 is 0.306 bits per heavy atom. The summed E-state index contributed by atoms with van der Waals surface area (Å²) in [7, 11) is 0. The van der Waals surface area contributed by atoms with E-state index in [0.717, 1.165) is 53.9 Å². The standard InChI is InChI=1S/C30H24N6/c31-25-16-8-4-3-7-15(16)11-19-17-9-13-5-1-2-6-14(13)10-18(17)20-12-21-24(27(33)23(20)22(19)25)28(34)30(36)29(35)26(21)32/h1-12H,31-36H2. The third kappa shape index (κ3) is 2.40. The van der Waals surface area contributed by atoms with E-state index in [2.05, 4.69) is 36.4 Å². The van der Waals surface area contributed by atoms with Crippen LogP contribution in [0.1, 0.15) is 0 Å². The van der Waals surface area contributed by atoms with Crippen LogP contribution >= 0.6 is 0 Å². The molecule has 12 N–H and O–H groups in total. The topological polar surface area (TPSA) is 156 Å². The zero-order valence-corrected chi connectivity index (χ0v) is 19.4. The average molecular weight is 469 g/mol. The lowest BCUT2D eigenvalue weighted by Gasteiger charge is -2.20. The molecule has 7 aromatic carbocycles. The third-order valence-corrected chi connectivity index (χ3v) is 7.60. The molecule has 6 nitrogen and oxygen atoms in total. The smallest absolute Gasteiger partial charge is 0.0810 e. The Morgan fingerprint density at radius 3 is 1.47 bits per heavy atom. The molecule has 36 heavy (non-hydrogen) atoms. The van der Waals surface area contributed by atoms with E-state index in [1.165, 1.54) is 0 Å². The largest absolute Gasteiger partial charge is 0.398 e. The van der Waals surface area contributed by atoms with Gasteiger partial charge < -0.3 is 34.4 Å². The minimum absolute atomic E-state index is 0.237. The SMILES string of the molecule is Nc1c(N)c(N)c2c(N)c3c(cc2c1N)c1cc2ccccc2cc1c1cc2ccccc2c(N)c13. The minimum Gasteiger partial charge on any atom is -0.398 e. The molecule has 7 aromatic rings. The molecule has 174 valence electrons. The molecular weight excluding hydrogens is 444 g/mol. The summed E-state index contributed by atoms with van der Waals surface area (Å²) in [5.41, 5.74) is 41.6. The van der Waals surface area contributed by atoms with E-state index in [9.17, 15) is 0 Å². The van der Waals surface area contributed by atoms with E-state index >= 15 is 0 Å². The van der Waals surface area contributed by atoms with Gasteiger partial charge in [0.2, 0.25) is 0 Å². The van der Waals surface area contributed by atoms with Crippen molar-refractivity contribution in [1.82, 2.24) is 0 Å². The summed E-state index contributed by atoms with van der Waals surface area (Å²) in [6.45, 7) is 0. The fourth-order valence-corrected chi connectivity index (χ4v) is 5.80. The lowest BCUT2D eigenvalue weighted by atomic mass is 9.87. The summed E-state index contributed by atoms with van der Waals surface area (Å²) in [6.07, 6.45) is 0. The van der Waals surface area contributed by atoms with Crippen molar-refractivity contribution in [1.29, 1.82) is 0 Å². The van der Waals surface area contributed by atoms with Crippen LogP contribution in [-0.4, -0.2) is 0 Å². The van der Waals surface area contributed by atoms with Gasteiger partial charge in [0.25, 0.3) is 0 Å². The molecule has 7 rings (SSSR count). The van der Waals surface area contributed by atoms with Gasteiger partial charge in [-0.05, 0) is 62.0 Å². The highest BCUT2D eigenvalue weighted by atomic mass is 14.8. The molecule has 0 bridgehead atoms. The van der Waals surface area contributed by atoms with Crippen molar-refractivity contribution >= 4 is 98.8 Å². The predicted molar refractivity (Wildman–Crippen MR) is 158 cm³/mol. The van der Waals surface area contributed by atoms with E-state index in [4.69, 9.17) is 34.4 Å². The molecule has 0 amide bonds. The first kappa shape index (κ1) is 20.3. The molecule has 0 aliphatic rings. The first-order valence-corrected chi connectivity index (χ1v) is 11.7. The number of hydrogen-bond acceptors (Lipinski definition) is 6. The summed E-state index contributed by atoms with van der Waals surface area (Å²) in [5, 5.41) is 11.4. The summed E-state index contributed by atoms with van der Waals surface area (Å²) in [5.74, 6) is 0. The fraction of sp³-hybridized carbons (Fsp3) is 0. The molecule has 0 heterocycles. The van der Waals surface area contributed by atoms with Gasteiger partial charge in [-0.2, -0.15) is 0 Å². The van der Waals surface area contributed by atoms with E-state index in [0.29, 0.717) is 33.5 Å². The van der Waals surface area contributed by atoms with Crippen molar-refractivity contribution in [2.75, 3.05) is 34.4 Å². The van der Waals surface area contributed by atoms with Gasteiger partial charge in [0.15, 0.2) is 0 Å². The Morgan fingerprint density at radius 2 is 0.806 bits per heavy atom. The monoisotopic (exact) mass is 468 g/mol. The normalized spacial score (nSPS) is 12.0. The highest BCUT2D eigenvalue weighted by Crippen LogP contribution is 2.50. The Hall–Kier alpha value is -5.10. The van der Waals surface area contributed by atoms with Crippen LogP contribution in [0.15, 0.2) is 72.8 Å². The first-order valence-electron chi connectivity index (χ1n) is 11.7. The molecule has 0 saturated heterocycles. The van der Waals surface area contributed by atoms with Crippen LogP contribution in [0, 0.1) is 0 Å². The van der Waals surface area contributed by atoms with Crippen molar-refractivity contribution in [3.63, 3.8) is 0 Å². The summed E-state index contributed by atoms with van der Waals surface area (Å²) in [4.78, 5) is 0. The van der Waals surface area contributed by atoms with Gasteiger partial charge in [0.1, 0.15) is 0 Å². The average Bonchev–Trinajstić information content (AvgIpc) is 2.89. The molecule has 0 atom stereocenters. The maximum Gasteiger partial charge on any atom is 0.0810 e. The van der Waals surface area contributed by atoms with E-state index in [1.807, 2.05) is 36.4 Å². The van der Waals surface area contributed by atoms with Crippen LogP contribution in [0.25, 0.3) is 64.6 Å². The van der Waals surface area contributed by atoms with Crippen LogP contribution in [-0.2, 0) is 0 Å². The summed E-state index contributed by atoms with van der Waals surface area (Å²) >= 11 is 0. The second kappa shape index (κ2) is 6.73. The number of nitrogens with two attached hydrogens (primary N) is 6. The summed E-state index contributed by atoms with van der Waals surface area (Å²) < 4.78 is 0. The Labute approximate surface area is 206 Å². The Kier molecular flexibility index (Phi) is 3.79. The van der Waals surface area contributed by atoms with Gasteiger partial charge in [-0.3, -0.25) is 0 Å². The lowest BCUT2D eigenvalue weighted by Crippen LogP contribution is -2.07. The molecule has 6 heteroatoms. The van der Waals surface area contributed by atoms with Gasteiger partial charge in [-0.25, -0.2) is 0 Å². The maximum atomic E-state index is 6.94.